The SMILES string of the molecule is Cc1ccc(O)c2c1C(C)CC2NCC1CCCCS1. The third-order valence-corrected chi connectivity index (χ3v) is 6.18. The van der Waals surface area contributed by atoms with Gasteiger partial charge in [-0.25, -0.2) is 0 Å². The Bertz CT molecular complexity index is 482. The van der Waals surface area contributed by atoms with Crippen LogP contribution < -0.4 is 5.32 Å². The second-order valence-corrected chi connectivity index (χ2v) is 7.72. The van der Waals surface area contributed by atoms with Gasteiger partial charge in [0.2, 0.25) is 0 Å². The highest BCUT2D eigenvalue weighted by atomic mass is 32.2. The number of thioether (sulfide) groups is 1. The summed E-state index contributed by atoms with van der Waals surface area (Å²) >= 11 is 2.11. The van der Waals surface area contributed by atoms with Gasteiger partial charge < -0.3 is 10.4 Å². The molecule has 0 bridgehead atoms. The minimum absolute atomic E-state index is 0.336. The first-order valence-corrected chi connectivity index (χ1v) is 8.89. The van der Waals surface area contributed by atoms with Crippen molar-refractivity contribution in [1.29, 1.82) is 0 Å². The molecule has 0 spiro atoms. The number of phenols is 1. The molecule has 1 saturated heterocycles. The van der Waals surface area contributed by atoms with E-state index in [0.29, 0.717) is 17.7 Å². The van der Waals surface area contributed by atoms with Crippen LogP contribution in [0.5, 0.6) is 5.75 Å². The van der Waals surface area contributed by atoms with E-state index in [1.54, 1.807) is 0 Å². The maximum Gasteiger partial charge on any atom is 0.120 e. The summed E-state index contributed by atoms with van der Waals surface area (Å²) in [6.45, 7) is 5.52. The van der Waals surface area contributed by atoms with Crippen molar-refractivity contribution in [3.63, 3.8) is 0 Å². The quantitative estimate of drug-likeness (QED) is 0.878. The monoisotopic (exact) mass is 291 g/mol. The topological polar surface area (TPSA) is 32.3 Å². The van der Waals surface area contributed by atoms with Gasteiger partial charge in [0.15, 0.2) is 0 Å². The molecule has 3 heteroatoms. The Balaban J connectivity index is 1.72. The number of aromatic hydroxyl groups is 1. The van der Waals surface area contributed by atoms with Crippen molar-refractivity contribution in [3.05, 3.63) is 28.8 Å². The summed E-state index contributed by atoms with van der Waals surface area (Å²) in [5.41, 5.74) is 3.86. The minimum Gasteiger partial charge on any atom is -0.508 e. The Morgan fingerprint density at radius 1 is 1.30 bits per heavy atom. The third-order valence-electron chi connectivity index (χ3n) is 4.78. The summed E-state index contributed by atoms with van der Waals surface area (Å²) in [5, 5.41) is 14.7. The average Bonchev–Trinajstić information content (AvgIpc) is 2.80. The van der Waals surface area contributed by atoms with Crippen molar-refractivity contribution < 1.29 is 5.11 Å². The number of hydrogen-bond acceptors (Lipinski definition) is 3. The lowest BCUT2D eigenvalue weighted by atomic mass is 9.97. The summed E-state index contributed by atoms with van der Waals surface area (Å²) in [5.74, 6) is 2.34. The first kappa shape index (κ1) is 14.3. The van der Waals surface area contributed by atoms with Gasteiger partial charge in [0, 0.05) is 23.4 Å². The molecule has 0 saturated carbocycles. The summed E-state index contributed by atoms with van der Waals surface area (Å²) < 4.78 is 0. The standard InChI is InChI=1S/C17H25NOS/c1-11-6-7-15(19)17-14(9-12(2)16(11)17)18-10-13-5-3-4-8-20-13/h6-7,12-14,18-19H,3-5,8-10H2,1-2H3. The fraction of sp³-hybridized carbons (Fsp3) is 0.647. The second-order valence-electron chi connectivity index (χ2n) is 6.32. The zero-order chi connectivity index (χ0) is 14.1. The number of aryl methyl sites for hydroxylation is 1. The number of rotatable bonds is 3. The van der Waals surface area contributed by atoms with E-state index in [9.17, 15) is 5.11 Å². The van der Waals surface area contributed by atoms with Crippen molar-refractivity contribution in [3.8, 4) is 5.75 Å². The van der Waals surface area contributed by atoms with E-state index in [1.165, 1.54) is 41.7 Å². The van der Waals surface area contributed by atoms with E-state index >= 15 is 0 Å². The Morgan fingerprint density at radius 3 is 2.90 bits per heavy atom. The van der Waals surface area contributed by atoms with E-state index in [-0.39, 0.29) is 0 Å². The molecule has 1 aliphatic carbocycles. The highest BCUT2D eigenvalue weighted by molar-refractivity contribution is 7.99. The van der Waals surface area contributed by atoms with Crippen LogP contribution in [0.25, 0.3) is 0 Å². The molecule has 1 aliphatic heterocycles. The van der Waals surface area contributed by atoms with Gasteiger partial charge in [0.25, 0.3) is 0 Å². The lowest BCUT2D eigenvalue weighted by Crippen LogP contribution is -2.29. The number of phenolic OH excluding ortho intramolecular Hbond substituents is 1. The van der Waals surface area contributed by atoms with Crippen LogP contribution in [0, 0.1) is 6.92 Å². The largest absolute Gasteiger partial charge is 0.508 e. The Morgan fingerprint density at radius 2 is 2.15 bits per heavy atom. The molecule has 3 atom stereocenters. The summed E-state index contributed by atoms with van der Waals surface area (Å²) in [4.78, 5) is 0. The van der Waals surface area contributed by atoms with Crippen LogP contribution in [0.3, 0.4) is 0 Å². The second kappa shape index (κ2) is 5.98. The van der Waals surface area contributed by atoms with Gasteiger partial charge in [-0.05, 0) is 55.1 Å². The van der Waals surface area contributed by atoms with Gasteiger partial charge in [0.1, 0.15) is 5.75 Å². The summed E-state index contributed by atoms with van der Waals surface area (Å²) in [7, 11) is 0. The molecule has 0 aromatic heterocycles. The molecule has 1 fully saturated rings. The molecule has 20 heavy (non-hydrogen) atoms. The lowest BCUT2D eigenvalue weighted by molar-refractivity contribution is 0.442. The average molecular weight is 291 g/mol. The maximum absolute atomic E-state index is 10.2. The van der Waals surface area contributed by atoms with Gasteiger partial charge in [-0.3, -0.25) is 0 Å². The van der Waals surface area contributed by atoms with Gasteiger partial charge in [-0.2, -0.15) is 11.8 Å². The molecule has 0 radical (unpaired) electrons. The predicted octanol–water partition coefficient (Wildman–Crippen LogP) is 4.12. The Labute approximate surface area is 126 Å². The van der Waals surface area contributed by atoms with Crippen LogP contribution in [-0.4, -0.2) is 22.7 Å². The first-order chi connectivity index (χ1) is 9.66. The van der Waals surface area contributed by atoms with E-state index < -0.39 is 0 Å². The van der Waals surface area contributed by atoms with Crippen molar-refractivity contribution in [2.75, 3.05) is 12.3 Å². The number of fused-ring (bicyclic) bond motifs is 1. The van der Waals surface area contributed by atoms with Crippen LogP contribution in [-0.2, 0) is 0 Å². The molecular weight excluding hydrogens is 266 g/mol. The highest BCUT2D eigenvalue weighted by Crippen LogP contribution is 2.46. The maximum atomic E-state index is 10.2. The molecule has 2 N–H and O–H groups in total. The predicted molar refractivity (Wildman–Crippen MR) is 86.7 cm³/mol. The molecular formula is C17H25NOS. The van der Waals surface area contributed by atoms with Crippen molar-refractivity contribution in [1.82, 2.24) is 5.32 Å². The van der Waals surface area contributed by atoms with E-state index in [0.717, 1.165) is 18.2 Å². The molecule has 3 rings (SSSR count). The lowest BCUT2D eigenvalue weighted by Gasteiger charge is -2.24. The fourth-order valence-electron chi connectivity index (χ4n) is 3.77. The normalized spacial score (nSPS) is 29.4. The molecule has 0 amide bonds. The van der Waals surface area contributed by atoms with Gasteiger partial charge >= 0.3 is 0 Å². The molecule has 1 aromatic carbocycles. The molecule has 3 unspecified atom stereocenters. The third kappa shape index (κ3) is 2.71. The van der Waals surface area contributed by atoms with Crippen molar-refractivity contribution in [2.45, 2.75) is 56.7 Å². The summed E-state index contributed by atoms with van der Waals surface area (Å²) in [6, 6.07) is 4.24. The smallest absolute Gasteiger partial charge is 0.120 e. The fourth-order valence-corrected chi connectivity index (χ4v) is 5.02. The van der Waals surface area contributed by atoms with Crippen LogP contribution >= 0.6 is 11.8 Å². The van der Waals surface area contributed by atoms with Gasteiger partial charge in [0.05, 0.1) is 0 Å². The first-order valence-electron chi connectivity index (χ1n) is 7.84. The highest BCUT2D eigenvalue weighted by Gasteiger charge is 2.32. The number of hydrogen-bond donors (Lipinski definition) is 2. The number of nitrogens with one attached hydrogen (secondary N) is 1. The molecule has 2 aliphatic rings. The zero-order valence-corrected chi connectivity index (χ0v) is 13.3. The van der Waals surface area contributed by atoms with Crippen LogP contribution in [0.1, 0.15) is 61.3 Å². The van der Waals surface area contributed by atoms with Crippen molar-refractivity contribution >= 4 is 11.8 Å². The Hall–Kier alpha value is -0.670. The molecule has 1 heterocycles. The molecule has 110 valence electrons. The minimum atomic E-state index is 0.336. The molecule has 1 aromatic rings. The van der Waals surface area contributed by atoms with Gasteiger partial charge in [-0.15, -0.1) is 0 Å². The van der Waals surface area contributed by atoms with Crippen LogP contribution in [0.2, 0.25) is 0 Å². The van der Waals surface area contributed by atoms with E-state index in [2.05, 4.69) is 30.9 Å². The van der Waals surface area contributed by atoms with E-state index in [1.807, 2.05) is 12.1 Å². The number of benzene rings is 1. The van der Waals surface area contributed by atoms with Crippen LogP contribution in [0.4, 0.5) is 0 Å². The Kier molecular flexibility index (Phi) is 4.27. The van der Waals surface area contributed by atoms with Crippen LogP contribution in [0.15, 0.2) is 12.1 Å². The molecule has 2 nitrogen and oxygen atoms in total. The summed E-state index contributed by atoms with van der Waals surface area (Å²) in [6.07, 6.45) is 5.21. The van der Waals surface area contributed by atoms with Gasteiger partial charge in [-0.1, -0.05) is 19.4 Å². The van der Waals surface area contributed by atoms with E-state index in [4.69, 9.17) is 0 Å². The van der Waals surface area contributed by atoms with Crippen molar-refractivity contribution in [2.24, 2.45) is 0 Å². The zero-order valence-electron chi connectivity index (χ0n) is 12.5.